The molecule has 2 fully saturated rings. The predicted octanol–water partition coefficient (Wildman–Crippen LogP) is 2.80. The van der Waals surface area contributed by atoms with Crippen LogP contribution in [0.4, 0.5) is 5.69 Å². The average Bonchev–Trinajstić information content (AvgIpc) is 3.37. The van der Waals surface area contributed by atoms with Gasteiger partial charge in [0.05, 0.1) is 5.92 Å². The van der Waals surface area contributed by atoms with Crippen LogP contribution in [0, 0.1) is 12.8 Å². The third-order valence-corrected chi connectivity index (χ3v) is 6.69. The van der Waals surface area contributed by atoms with Gasteiger partial charge in [-0.15, -0.1) is 11.3 Å². The number of hydrogen-bond acceptors (Lipinski definition) is 4. The van der Waals surface area contributed by atoms with Gasteiger partial charge in [-0.05, 0) is 36.9 Å². The molecule has 1 aromatic carbocycles. The Labute approximate surface area is 170 Å². The normalized spacial score (nSPS) is 20.8. The molecule has 2 saturated heterocycles. The number of carbonyl (C=O) groups is 2. The molecule has 0 saturated carbocycles. The van der Waals surface area contributed by atoms with Crippen LogP contribution in [-0.2, 0) is 16.0 Å². The maximum absolute atomic E-state index is 13.0. The molecule has 2 aromatic rings. The summed E-state index contributed by atoms with van der Waals surface area (Å²) in [6, 6.07) is 12.2. The van der Waals surface area contributed by atoms with Crippen molar-refractivity contribution < 1.29 is 9.59 Å². The number of amides is 2. The first-order chi connectivity index (χ1) is 13.6. The fraction of sp³-hybridized carbons (Fsp3) is 0.455. The van der Waals surface area contributed by atoms with E-state index >= 15 is 0 Å². The highest BCUT2D eigenvalue weighted by Crippen LogP contribution is 2.27. The molecule has 28 heavy (non-hydrogen) atoms. The van der Waals surface area contributed by atoms with Gasteiger partial charge in [0.25, 0.3) is 0 Å². The summed E-state index contributed by atoms with van der Waals surface area (Å²) >= 11 is 1.81. The first kappa shape index (κ1) is 19.2. The van der Waals surface area contributed by atoms with Crippen molar-refractivity contribution in [1.29, 1.82) is 0 Å². The molecule has 5 nitrogen and oxygen atoms in total. The Kier molecular flexibility index (Phi) is 5.78. The van der Waals surface area contributed by atoms with Crippen molar-refractivity contribution in [1.82, 2.24) is 9.80 Å². The van der Waals surface area contributed by atoms with Crippen molar-refractivity contribution in [2.24, 2.45) is 5.92 Å². The minimum absolute atomic E-state index is 0.0526. The number of anilines is 1. The Morgan fingerprint density at radius 2 is 1.86 bits per heavy atom. The van der Waals surface area contributed by atoms with E-state index in [0.717, 1.165) is 44.8 Å². The van der Waals surface area contributed by atoms with Gasteiger partial charge in [-0.3, -0.25) is 14.5 Å². The number of piperazine rings is 1. The maximum Gasteiger partial charge on any atom is 0.228 e. The van der Waals surface area contributed by atoms with Gasteiger partial charge in [0.15, 0.2) is 0 Å². The Morgan fingerprint density at radius 1 is 1.11 bits per heavy atom. The van der Waals surface area contributed by atoms with E-state index in [-0.39, 0.29) is 17.7 Å². The van der Waals surface area contributed by atoms with Crippen molar-refractivity contribution in [3.05, 3.63) is 52.2 Å². The summed E-state index contributed by atoms with van der Waals surface area (Å²) < 4.78 is 0. The van der Waals surface area contributed by atoms with Gasteiger partial charge < -0.3 is 9.80 Å². The van der Waals surface area contributed by atoms with E-state index in [2.05, 4.69) is 22.4 Å². The van der Waals surface area contributed by atoms with E-state index in [1.807, 2.05) is 36.1 Å². The number of benzene rings is 1. The van der Waals surface area contributed by atoms with Crippen molar-refractivity contribution in [2.45, 2.75) is 19.8 Å². The summed E-state index contributed by atoms with van der Waals surface area (Å²) in [6.07, 6.45) is 1.40. The Bertz CT molecular complexity index is 811. The second-order valence-corrected chi connectivity index (χ2v) is 8.77. The van der Waals surface area contributed by atoms with Crippen LogP contribution < -0.4 is 4.90 Å². The van der Waals surface area contributed by atoms with E-state index in [1.54, 1.807) is 16.2 Å². The zero-order chi connectivity index (χ0) is 19.5. The minimum Gasteiger partial charge on any atom is -0.340 e. The molecule has 4 rings (SSSR count). The van der Waals surface area contributed by atoms with Gasteiger partial charge in [0.2, 0.25) is 11.8 Å². The number of nitrogens with zero attached hydrogens (tertiary/aromatic N) is 3. The van der Waals surface area contributed by atoms with E-state index in [1.165, 1.54) is 10.4 Å². The first-order valence-corrected chi connectivity index (χ1v) is 10.9. The number of hydrogen-bond donors (Lipinski definition) is 0. The van der Waals surface area contributed by atoms with Crippen molar-refractivity contribution in [3.63, 3.8) is 0 Å². The average molecular weight is 398 g/mol. The summed E-state index contributed by atoms with van der Waals surface area (Å²) in [5.74, 6) is -0.0240. The van der Waals surface area contributed by atoms with Crippen molar-refractivity contribution in [2.75, 3.05) is 44.2 Å². The molecule has 1 atom stereocenters. The fourth-order valence-corrected chi connectivity index (χ4v) is 4.72. The standard InChI is InChI=1S/C22H27N3O2S/c1-17-4-6-19(7-5-17)25-16-18(15-21(25)26)22(27)24-12-10-23(11-13-24)9-8-20-3-2-14-28-20/h2-7,14,18H,8-13,15-16H2,1H3. The third-order valence-electron chi connectivity index (χ3n) is 5.76. The molecule has 0 N–H and O–H groups in total. The Balaban J connectivity index is 1.28. The predicted molar refractivity (Wildman–Crippen MR) is 113 cm³/mol. The van der Waals surface area contributed by atoms with Gasteiger partial charge in [-0.25, -0.2) is 0 Å². The van der Waals surface area contributed by atoms with Crippen LogP contribution in [0.5, 0.6) is 0 Å². The monoisotopic (exact) mass is 397 g/mol. The van der Waals surface area contributed by atoms with E-state index in [4.69, 9.17) is 0 Å². The highest BCUT2D eigenvalue weighted by molar-refractivity contribution is 7.09. The van der Waals surface area contributed by atoms with Gasteiger partial charge in [-0.1, -0.05) is 23.8 Å². The molecule has 0 radical (unpaired) electrons. The number of carbonyl (C=O) groups excluding carboxylic acids is 2. The van der Waals surface area contributed by atoms with Gasteiger partial charge in [0, 0.05) is 56.3 Å². The van der Waals surface area contributed by atoms with Crippen LogP contribution in [0.3, 0.4) is 0 Å². The Hall–Kier alpha value is -2.18. The van der Waals surface area contributed by atoms with Crippen LogP contribution in [0.1, 0.15) is 16.9 Å². The van der Waals surface area contributed by atoms with Crippen LogP contribution in [-0.4, -0.2) is 60.9 Å². The molecule has 0 aliphatic carbocycles. The lowest BCUT2D eigenvalue weighted by atomic mass is 10.1. The van der Waals surface area contributed by atoms with Crippen molar-refractivity contribution >= 4 is 28.8 Å². The summed E-state index contributed by atoms with van der Waals surface area (Å²) in [4.78, 5) is 33.0. The number of thiophene rings is 1. The SMILES string of the molecule is Cc1ccc(N2CC(C(=O)N3CCN(CCc4cccs4)CC3)CC2=O)cc1. The molecule has 3 heterocycles. The smallest absolute Gasteiger partial charge is 0.228 e. The maximum atomic E-state index is 13.0. The second kappa shape index (κ2) is 8.45. The van der Waals surface area contributed by atoms with E-state index in [9.17, 15) is 9.59 Å². The molecule has 2 amide bonds. The third kappa shape index (κ3) is 4.28. The molecule has 148 valence electrons. The van der Waals surface area contributed by atoms with Gasteiger partial charge in [0.1, 0.15) is 0 Å². The first-order valence-electron chi connectivity index (χ1n) is 10.0. The molecule has 2 aliphatic rings. The molecule has 6 heteroatoms. The van der Waals surface area contributed by atoms with Crippen molar-refractivity contribution in [3.8, 4) is 0 Å². The minimum atomic E-state index is -0.216. The topological polar surface area (TPSA) is 43.9 Å². The lowest BCUT2D eigenvalue weighted by Gasteiger charge is -2.35. The van der Waals surface area contributed by atoms with E-state index < -0.39 is 0 Å². The summed E-state index contributed by atoms with van der Waals surface area (Å²) in [5, 5.41) is 2.12. The fourth-order valence-electron chi connectivity index (χ4n) is 4.02. The largest absolute Gasteiger partial charge is 0.340 e. The summed E-state index contributed by atoms with van der Waals surface area (Å²) in [5.41, 5.74) is 2.06. The summed E-state index contributed by atoms with van der Waals surface area (Å²) in [7, 11) is 0. The summed E-state index contributed by atoms with van der Waals surface area (Å²) in [6.45, 7) is 6.93. The van der Waals surface area contributed by atoms with Crippen LogP contribution in [0.2, 0.25) is 0 Å². The molecular weight excluding hydrogens is 370 g/mol. The molecule has 1 aromatic heterocycles. The van der Waals surface area contributed by atoms with Crippen LogP contribution in [0.15, 0.2) is 41.8 Å². The molecule has 0 spiro atoms. The lowest BCUT2D eigenvalue weighted by molar-refractivity contribution is -0.137. The molecule has 0 bridgehead atoms. The van der Waals surface area contributed by atoms with Gasteiger partial charge in [-0.2, -0.15) is 0 Å². The lowest BCUT2D eigenvalue weighted by Crippen LogP contribution is -2.50. The van der Waals surface area contributed by atoms with Crippen LogP contribution in [0.25, 0.3) is 0 Å². The highest BCUT2D eigenvalue weighted by atomic mass is 32.1. The zero-order valence-electron chi connectivity index (χ0n) is 16.3. The number of aryl methyl sites for hydroxylation is 1. The zero-order valence-corrected chi connectivity index (χ0v) is 17.2. The highest BCUT2D eigenvalue weighted by Gasteiger charge is 2.37. The van der Waals surface area contributed by atoms with Crippen LogP contribution >= 0.6 is 11.3 Å². The molecule has 1 unspecified atom stereocenters. The van der Waals surface area contributed by atoms with E-state index in [0.29, 0.717) is 13.0 Å². The quantitative estimate of drug-likeness (QED) is 0.779. The second-order valence-electron chi connectivity index (χ2n) is 7.74. The Morgan fingerprint density at radius 3 is 2.54 bits per heavy atom. The molecule has 2 aliphatic heterocycles. The number of rotatable bonds is 5. The van der Waals surface area contributed by atoms with Gasteiger partial charge >= 0.3 is 0 Å². The molecular formula is C22H27N3O2S.